The monoisotopic (exact) mass is 276 g/mol. The van der Waals surface area contributed by atoms with Crippen LogP contribution >= 0.6 is 11.6 Å². The predicted molar refractivity (Wildman–Crippen MR) is 79.4 cm³/mol. The Morgan fingerprint density at radius 2 is 1.79 bits per heavy atom. The van der Waals surface area contributed by atoms with Gasteiger partial charge in [0.15, 0.2) is 0 Å². The van der Waals surface area contributed by atoms with Crippen LogP contribution in [0.4, 0.5) is 5.69 Å². The third-order valence-electron chi connectivity index (χ3n) is 2.74. The van der Waals surface area contributed by atoms with Gasteiger partial charge in [0.05, 0.1) is 18.1 Å². The Morgan fingerprint density at radius 1 is 1.11 bits per heavy atom. The number of rotatable bonds is 4. The molecule has 3 nitrogen and oxygen atoms in total. The predicted octanol–water partition coefficient (Wildman–Crippen LogP) is 4.58. The van der Waals surface area contributed by atoms with Gasteiger partial charge in [-0.05, 0) is 44.0 Å². The average molecular weight is 277 g/mol. The first kappa shape index (κ1) is 13.7. The lowest BCUT2D eigenvalue weighted by Gasteiger charge is -2.10. The minimum absolute atomic E-state index is 0.708. The highest BCUT2D eigenvalue weighted by molar-refractivity contribution is 6.32. The minimum atomic E-state index is 0.708. The van der Waals surface area contributed by atoms with Crippen molar-refractivity contribution >= 4 is 17.3 Å². The molecule has 0 saturated heterocycles. The second kappa shape index (κ2) is 5.93. The Labute approximate surface area is 118 Å². The number of aryl methyl sites for hydroxylation is 2. The standard InChI is InChI=1S/C15H17ClN2O/c1-4-18-12-7-14(9-17-8-12)19-13-5-10(2)15(16)11(3)6-13/h5-9,18H,4H2,1-3H3. The smallest absolute Gasteiger partial charge is 0.147 e. The highest BCUT2D eigenvalue weighted by atomic mass is 35.5. The van der Waals surface area contributed by atoms with Crippen molar-refractivity contribution in [2.45, 2.75) is 20.8 Å². The molecule has 4 heteroatoms. The van der Waals surface area contributed by atoms with Crippen LogP contribution < -0.4 is 10.1 Å². The molecule has 0 bridgehead atoms. The molecule has 0 aliphatic carbocycles. The summed E-state index contributed by atoms with van der Waals surface area (Å²) in [5.74, 6) is 1.48. The maximum absolute atomic E-state index is 6.14. The third kappa shape index (κ3) is 3.38. The molecule has 0 saturated carbocycles. The molecular formula is C15H17ClN2O. The van der Waals surface area contributed by atoms with Crippen molar-refractivity contribution in [3.63, 3.8) is 0 Å². The summed E-state index contributed by atoms with van der Waals surface area (Å²) in [4.78, 5) is 4.15. The van der Waals surface area contributed by atoms with Crippen molar-refractivity contribution < 1.29 is 4.74 Å². The molecule has 0 aliphatic rings. The number of nitrogens with zero attached hydrogens (tertiary/aromatic N) is 1. The molecule has 0 amide bonds. The molecule has 2 rings (SSSR count). The molecule has 0 unspecified atom stereocenters. The molecular weight excluding hydrogens is 260 g/mol. The van der Waals surface area contributed by atoms with E-state index >= 15 is 0 Å². The Bertz CT molecular complexity index is 561. The van der Waals surface area contributed by atoms with E-state index in [1.165, 1.54) is 0 Å². The number of benzene rings is 1. The molecule has 1 N–H and O–H groups in total. The molecule has 0 spiro atoms. The quantitative estimate of drug-likeness (QED) is 0.888. The maximum atomic E-state index is 6.14. The van der Waals surface area contributed by atoms with Crippen molar-refractivity contribution in [1.29, 1.82) is 0 Å². The lowest BCUT2D eigenvalue weighted by Crippen LogP contribution is -1.97. The lowest BCUT2D eigenvalue weighted by atomic mass is 10.1. The molecule has 0 aliphatic heterocycles. The SMILES string of the molecule is CCNc1cncc(Oc2cc(C)c(Cl)c(C)c2)c1. The van der Waals surface area contributed by atoms with E-state index in [1.807, 2.05) is 39.0 Å². The first-order valence-electron chi connectivity index (χ1n) is 6.23. The summed E-state index contributed by atoms with van der Waals surface area (Å²) in [5, 5.41) is 3.99. The third-order valence-corrected chi connectivity index (χ3v) is 3.34. The maximum Gasteiger partial charge on any atom is 0.147 e. The lowest BCUT2D eigenvalue weighted by molar-refractivity contribution is 0.480. The van der Waals surface area contributed by atoms with Crippen molar-refractivity contribution in [2.75, 3.05) is 11.9 Å². The second-order valence-electron chi connectivity index (χ2n) is 4.41. The van der Waals surface area contributed by atoms with Crippen LogP contribution in [-0.4, -0.2) is 11.5 Å². The molecule has 19 heavy (non-hydrogen) atoms. The van der Waals surface area contributed by atoms with Crippen molar-refractivity contribution in [3.05, 3.63) is 46.7 Å². The van der Waals surface area contributed by atoms with Crippen molar-refractivity contribution in [2.24, 2.45) is 0 Å². The second-order valence-corrected chi connectivity index (χ2v) is 4.79. The number of halogens is 1. The van der Waals surface area contributed by atoms with E-state index in [-0.39, 0.29) is 0 Å². The van der Waals surface area contributed by atoms with Crippen LogP contribution in [0.3, 0.4) is 0 Å². The van der Waals surface area contributed by atoms with Gasteiger partial charge in [0.2, 0.25) is 0 Å². The number of pyridine rings is 1. The van der Waals surface area contributed by atoms with Crippen LogP contribution in [0, 0.1) is 13.8 Å². The van der Waals surface area contributed by atoms with Crippen LogP contribution in [0.25, 0.3) is 0 Å². The topological polar surface area (TPSA) is 34.2 Å². The summed E-state index contributed by atoms with van der Waals surface area (Å²) in [6, 6.07) is 5.78. The Hall–Kier alpha value is -1.74. The van der Waals surface area contributed by atoms with E-state index in [0.29, 0.717) is 5.75 Å². The summed E-state index contributed by atoms with van der Waals surface area (Å²) in [7, 11) is 0. The Kier molecular flexibility index (Phi) is 4.27. The van der Waals surface area contributed by atoms with Crippen LogP contribution in [-0.2, 0) is 0 Å². The van der Waals surface area contributed by atoms with Gasteiger partial charge in [-0.1, -0.05) is 11.6 Å². The molecule has 1 aromatic heterocycles. The van der Waals surface area contributed by atoms with Gasteiger partial charge >= 0.3 is 0 Å². The van der Waals surface area contributed by atoms with Gasteiger partial charge in [0, 0.05) is 17.6 Å². The largest absolute Gasteiger partial charge is 0.456 e. The molecule has 1 aromatic carbocycles. The highest BCUT2D eigenvalue weighted by Gasteiger charge is 2.05. The highest BCUT2D eigenvalue weighted by Crippen LogP contribution is 2.29. The number of hydrogen-bond donors (Lipinski definition) is 1. The summed E-state index contributed by atoms with van der Waals surface area (Å²) < 4.78 is 5.82. The molecule has 100 valence electrons. The number of ether oxygens (including phenoxy) is 1. The summed E-state index contributed by atoms with van der Waals surface area (Å²) in [6.07, 6.45) is 3.47. The average Bonchev–Trinajstić information content (AvgIpc) is 2.37. The molecule has 0 radical (unpaired) electrons. The fourth-order valence-corrected chi connectivity index (χ4v) is 1.99. The Morgan fingerprint density at radius 3 is 2.42 bits per heavy atom. The van der Waals surface area contributed by atoms with Crippen LogP contribution in [0.5, 0.6) is 11.5 Å². The summed E-state index contributed by atoms with van der Waals surface area (Å²) in [5.41, 5.74) is 2.96. The van der Waals surface area contributed by atoms with E-state index in [4.69, 9.17) is 16.3 Å². The van der Waals surface area contributed by atoms with Crippen LogP contribution in [0.1, 0.15) is 18.1 Å². The van der Waals surface area contributed by atoms with Gasteiger partial charge in [0.1, 0.15) is 11.5 Å². The summed E-state index contributed by atoms with van der Waals surface area (Å²) in [6.45, 7) is 6.83. The fraction of sp³-hybridized carbons (Fsp3) is 0.267. The van der Waals surface area contributed by atoms with Crippen molar-refractivity contribution in [1.82, 2.24) is 4.98 Å². The molecule has 0 fully saturated rings. The number of anilines is 1. The normalized spacial score (nSPS) is 10.3. The zero-order chi connectivity index (χ0) is 13.8. The Balaban J connectivity index is 2.23. The van der Waals surface area contributed by atoms with Gasteiger partial charge in [-0.2, -0.15) is 0 Å². The van der Waals surface area contributed by atoms with Crippen molar-refractivity contribution in [3.8, 4) is 11.5 Å². The zero-order valence-electron chi connectivity index (χ0n) is 11.3. The van der Waals surface area contributed by atoms with E-state index in [2.05, 4.69) is 10.3 Å². The molecule has 2 aromatic rings. The number of aromatic nitrogens is 1. The number of nitrogens with one attached hydrogen (secondary N) is 1. The fourth-order valence-electron chi connectivity index (χ4n) is 1.88. The molecule has 1 heterocycles. The first-order chi connectivity index (χ1) is 9.10. The van der Waals surface area contributed by atoms with Gasteiger partial charge < -0.3 is 10.1 Å². The van der Waals surface area contributed by atoms with Gasteiger partial charge in [-0.15, -0.1) is 0 Å². The van der Waals surface area contributed by atoms with E-state index in [1.54, 1.807) is 12.4 Å². The zero-order valence-corrected chi connectivity index (χ0v) is 12.1. The van der Waals surface area contributed by atoms with E-state index in [9.17, 15) is 0 Å². The van der Waals surface area contributed by atoms with E-state index < -0.39 is 0 Å². The van der Waals surface area contributed by atoms with Crippen LogP contribution in [0.2, 0.25) is 5.02 Å². The van der Waals surface area contributed by atoms with E-state index in [0.717, 1.165) is 34.1 Å². The van der Waals surface area contributed by atoms with Gasteiger partial charge in [0.25, 0.3) is 0 Å². The number of hydrogen-bond acceptors (Lipinski definition) is 3. The van der Waals surface area contributed by atoms with Gasteiger partial charge in [-0.25, -0.2) is 0 Å². The minimum Gasteiger partial charge on any atom is -0.456 e. The first-order valence-corrected chi connectivity index (χ1v) is 6.61. The summed E-state index contributed by atoms with van der Waals surface area (Å²) >= 11 is 6.14. The van der Waals surface area contributed by atoms with Crippen LogP contribution in [0.15, 0.2) is 30.6 Å². The van der Waals surface area contributed by atoms with Gasteiger partial charge in [-0.3, -0.25) is 4.98 Å². The molecule has 0 atom stereocenters.